The SMILES string of the molecule is COc1cc(CC(N)=O)cc(Oc2ccnc3ccc(C(F)(F)F)cc23)c1. The number of alkyl halides is 3. The number of primary amides is 1. The lowest BCUT2D eigenvalue weighted by molar-refractivity contribution is -0.137. The molecule has 0 radical (unpaired) electrons. The number of hydrogen-bond acceptors (Lipinski definition) is 4. The number of halogens is 3. The van der Waals surface area contributed by atoms with E-state index in [2.05, 4.69) is 4.98 Å². The summed E-state index contributed by atoms with van der Waals surface area (Å²) in [6.07, 6.45) is -3.07. The van der Waals surface area contributed by atoms with Crippen molar-refractivity contribution in [1.29, 1.82) is 0 Å². The number of rotatable bonds is 5. The number of pyridine rings is 1. The van der Waals surface area contributed by atoms with Crippen LogP contribution in [0.5, 0.6) is 17.2 Å². The molecule has 3 aromatic rings. The minimum atomic E-state index is -4.48. The van der Waals surface area contributed by atoms with Gasteiger partial charge in [-0.3, -0.25) is 9.78 Å². The maximum Gasteiger partial charge on any atom is 0.416 e. The first-order chi connectivity index (χ1) is 12.8. The predicted octanol–water partition coefficient (Wildman–Crippen LogP) is 4.08. The molecular formula is C19H15F3N2O3. The topological polar surface area (TPSA) is 74.4 Å². The summed E-state index contributed by atoms with van der Waals surface area (Å²) in [6.45, 7) is 0. The van der Waals surface area contributed by atoms with Crippen LogP contribution in [0.2, 0.25) is 0 Å². The first-order valence-electron chi connectivity index (χ1n) is 7.86. The molecule has 0 atom stereocenters. The molecule has 0 aliphatic carbocycles. The van der Waals surface area contributed by atoms with Crippen molar-refractivity contribution >= 4 is 16.8 Å². The number of fused-ring (bicyclic) bond motifs is 1. The summed E-state index contributed by atoms with van der Waals surface area (Å²) in [6, 6.07) is 9.48. The van der Waals surface area contributed by atoms with Gasteiger partial charge in [-0.15, -0.1) is 0 Å². The van der Waals surface area contributed by atoms with E-state index in [-0.39, 0.29) is 17.6 Å². The van der Waals surface area contributed by atoms with Crippen LogP contribution in [0.15, 0.2) is 48.7 Å². The third kappa shape index (κ3) is 4.28. The number of nitrogens with two attached hydrogens (primary N) is 1. The van der Waals surface area contributed by atoms with Gasteiger partial charge in [0.2, 0.25) is 5.91 Å². The first kappa shape index (κ1) is 18.5. The van der Waals surface area contributed by atoms with Gasteiger partial charge in [-0.2, -0.15) is 13.2 Å². The number of nitrogens with zero attached hydrogens (tertiary/aromatic N) is 1. The normalized spacial score (nSPS) is 11.4. The Morgan fingerprint density at radius 1 is 1.11 bits per heavy atom. The molecule has 140 valence electrons. The Morgan fingerprint density at radius 3 is 2.52 bits per heavy atom. The molecule has 0 saturated heterocycles. The Labute approximate surface area is 152 Å². The van der Waals surface area contributed by atoms with Crippen LogP contribution < -0.4 is 15.2 Å². The Kier molecular flexibility index (Phi) is 4.89. The third-order valence-electron chi connectivity index (χ3n) is 3.81. The van der Waals surface area contributed by atoms with Crippen molar-refractivity contribution in [2.24, 2.45) is 5.73 Å². The van der Waals surface area contributed by atoms with Crippen LogP contribution >= 0.6 is 0 Å². The van der Waals surface area contributed by atoms with Gasteiger partial charge in [-0.1, -0.05) is 0 Å². The summed E-state index contributed by atoms with van der Waals surface area (Å²) >= 11 is 0. The minimum absolute atomic E-state index is 0.0249. The summed E-state index contributed by atoms with van der Waals surface area (Å²) in [4.78, 5) is 15.2. The summed E-state index contributed by atoms with van der Waals surface area (Å²) in [5, 5.41) is 0.214. The lowest BCUT2D eigenvalue weighted by Gasteiger charge is -2.13. The Hall–Kier alpha value is -3.29. The van der Waals surface area contributed by atoms with Crippen LogP contribution in [0.1, 0.15) is 11.1 Å². The van der Waals surface area contributed by atoms with Crippen molar-refractivity contribution in [2.45, 2.75) is 12.6 Å². The van der Waals surface area contributed by atoms with Crippen LogP contribution in [-0.4, -0.2) is 18.0 Å². The lowest BCUT2D eigenvalue weighted by atomic mass is 10.1. The van der Waals surface area contributed by atoms with Crippen LogP contribution in [0.4, 0.5) is 13.2 Å². The van der Waals surface area contributed by atoms with E-state index in [9.17, 15) is 18.0 Å². The van der Waals surface area contributed by atoms with Crippen LogP contribution in [0, 0.1) is 0 Å². The van der Waals surface area contributed by atoms with Gasteiger partial charge in [0.05, 0.1) is 24.6 Å². The average molecular weight is 376 g/mol. The second-order valence-electron chi connectivity index (χ2n) is 5.80. The van der Waals surface area contributed by atoms with Crippen LogP contribution in [0.25, 0.3) is 10.9 Å². The van der Waals surface area contributed by atoms with Gasteiger partial charge in [-0.25, -0.2) is 0 Å². The van der Waals surface area contributed by atoms with E-state index in [1.165, 1.54) is 25.4 Å². The number of hydrogen-bond donors (Lipinski definition) is 1. The molecule has 5 nitrogen and oxygen atoms in total. The zero-order chi connectivity index (χ0) is 19.6. The largest absolute Gasteiger partial charge is 0.497 e. The molecule has 27 heavy (non-hydrogen) atoms. The third-order valence-corrected chi connectivity index (χ3v) is 3.81. The average Bonchev–Trinajstić information content (AvgIpc) is 2.60. The molecule has 0 unspecified atom stereocenters. The van der Waals surface area contributed by atoms with Gasteiger partial charge in [0.25, 0.3) is 0 Å². The Balaban J connectivity index is 2.04. The molecular weight excluding hydrogens is 361 g/mol. The fourth-order valence-electron chi connectivity index (χ4n) is 2.62. The molecule has 2 N–H and O–H groups in total. The summed E-state index contributed by atoms with van der Waals surface area (Å²) in [5.74, 6) is 0.399. The zero-order valence-electron chi connectivity index (χ0n) is 14.2. The Morgan fingerprint density at radius 2 is 1.85 bits per heavy atom. The molecule has 2 aromatic carbocycles. The van der Waals surface area contributed by atoms with Crippen molar-refractivity contribution in [3.63, 3.8) is 0 Å². The summed E-state index contributed by atoms with van der Waals surface area (Å²) in [7, 11) is 1.45. The fraction of sp³-hybridized carbons (Fsp3) is 0.158. The zero-order valence-corrected chi connectivity index (χ0v) is 14.2. The molecule has 0 saturated carbocycles. The number of carbonyl (C=O) groups is 1. The van der Waals surface area contributed by atoms with E-state index in [0.29, 0.717) is 22.6 Å². The smallest absolute Gasteiger partial charge is 0.416 e. The van der Waals surface area contributed by atoms with Crippen molar-refractivity contribution in [2.75, 3.05) is 7.11 Å². The molecule has 1 heterocycles. The predicted molar refractivity (Wildman–Crippen MR) is 92.7 cm³/mol. The number of aromatic nitrogens is 1. The molecule has 0 aliphatic rings. The van der Waals surface area contributed by atoms with E-state index in [1.54, 1.807) is 18.2 Å². The minimum Gasteiger partial charge on any atom is -0.497 e. The number of benzene rings is 2. The second-order valence-corrected chi connectivity index (χ2v) is 5.80. The molecule has 0 spiro atoms. The maximum atomic E-state index is 13.0. The number of amides is 1. The highest BCUT2D eigenvalue weighted by Gasteiger charge is 2.30. The summed E-state index contributed by atoms with van der Waals surface area (Å²) in [5.41, 5.74) is 5.34. The molecule has 8 heteroatoms. The van der Waals surface area contributed by atoms with Crippen LogP contribution in [0.3, 0.4) is 0 Å². The van der Waals surface area contributed by atoms with Crippen molar-refractivity contribution in [1.82, 2.24) is 4.98 Å². The fourth-order valence-corrected chi connectivity index (χ4v) is 2.62. The van der Waals surface area contributed by atoms with Gasteiger partial charge in [0.15, 0.2) is 0 Å². The highest BCUT2D eigenvalue weighted by atomic mass is 19.4. The van der Waals surface area contributed by atoms with E-state index in [0.717, 1.165) is 12.1 Å². The number of methoxy groups -OCH3 is 1. The van der Waals surface area contributed by atoms with Crippen molar-refractivity contribution in [3.8, 4) is 17.2 Å². The first-order valence-corrected chi connectivity index (χ1v) is 7.86. The highest BCUT2D eigenvalue weighted by molar-refractivity contribution is 5.86. The second kappa shape index (κ2) is 7.14. The van der Waals surface area contributed by atoms with Gasteiger partial charge in [-0.05, 0) is 42.0 Å². The standard InChI is InChI=1S/C19H15F3N2O3/c1-26-13-6-11(8-18(23)25)7-14(10-13)27-17-4-5-24-16-3-2-12(9-15(16)17)19(20,21)22/h2-7,9-10H,8H2,1H3,(H2,23,25). The van der Waals surface area contributed by atoms with Gasteiger partial charge in [0.1, 0.15) is 17.2 Å². The van der Waals surface area contributed by atoms with Gasteiger partial charge < -0.3 is 15.2 Å². The van der Waals surface area contributed by atoms with Crippen LogP contribution in [-0.2, 0) is 17.4 Å². The quantitative estimate of drug-likeness (QED) is 0.728. The lowest BCUT2D eigenvalue weighted by Crippen LogP contribution is -2.13. The molecule has 3 rings (SSSR count). The maximum absolute atomic E-state index is 13.0. The monoisotopic (exact) mass is 376 g/mol. The Bertz CT molecular complexity index is 1000. The molecule has 0 fully saturated rings. The number of ether oxygens (including phenoxy) is 2. The molecule has 1 amide bonds. The van der Waals surface area contributed by atoms with E-state index in [4.69, 9.17) is 15.2 Å². The van der Waals surface area contributed by atoms with E-state index >= 15 is 0 Å². The summed E-state index contributed by atoms with van der Waals surface area (Å²) < 4.78 is 50.0. The van der Waals surface area contributed by atoms with E-state index in [1.807, 2.05) is 0 Å². The number of carbonyl (C=O) groups excluding carboxylic acids is 1. The van der Waals surface area contributed by atoms with Gasteiger partial charge in [0, 0.05) is 17.6 Å². The molecule has 0 bridgehead atoms. The molecule has 1 aromatic heterocycles. The van der Waals surface area contributed by atoms with Gasteiger partial charge >= 0.3 is 6.18 Å². The highest BCUT2D eigenvalue weighted by Crippen LogP contribution is 2.36. The van der Waals surface area contributed by atoms with Crippen molar-refractivity contribution in [3.05, 3.63) is 59.8 Å². The van der Waals surface area contributed by atoms with E-state index < -0.39 is 17.6 Å². The molecule has 0 aliphatic heterocycles. The van der Waals surface area contributed by atoms with Crippen molar-refractivity contribution < 1.29 is 27.4 Å².